The minimum Gasteiger partial charge on any atom is -0.381 e. The van der Waals surface area contributed by atoms with Gasteiger partial charge in [-0.25, -0.2) is 0 Å². The zero-order valence-electron chi connectivity index (χ0n) is 13.7. The molecule has 3 rings (SSSR count). The molecule has 2 amide bonds. The van der Waals surface area contributed by atoms with Crippen molar-refractivity contribution in [3.05, 3.63) is 30.1 Å². The molecule has 2 fully saturated rings. The van der Waals surface area contributed by atoms with E-state index in [4.69, 9.17) is 4.74 Å². The Labute approximate surface area is 141 Å². The van der Waals surface area contributed by atoms with Gasteiger partial charge in [-0.1, -0.05) is 0 Å². The van der Waals surface area contributed by atoms with E-state index in [0.29, 0.717) is 32.8 Å². The number of aromatic nitrogens is 1. The number of pyridine rings is 1. The maximum absolute atomic E-state index is 12.8. The van der Waals surface area contributed by atoms with E-state index in [1.165, 1.54) is 0 Å². The van der Waals surface area contributed by atoms with Crippen LogP contribution in [0.4, 0.5) is 0 Å². The monoisotopic (exact) mass is 332 g/mol. The zero-order chi connectivity index (χ0) is 16.8. The number of ether oxygens (including phenoxy) is 1. The predicted octanol–water partition coefficient (Wildman–Crippen LogP) is -0.0752. The quantitative estimate of drug-likeness (QED) is 0.806. The van der Waals surface area contributed by atoms with Crippen LogP contribution in [0.3, 0.4) is 0 Å². The SMILES string of the molecule is O=C(NCc1ccncc1)[C@@H]1CNCCN1C(=O)C1CCOCC1. The second-order valence-electron chi connectivity index (χ2n) is 6.21. The minimum atomic E-state index is -0.448. The van der Waals surface area contributed by atoms with E-state index in [0.717, 1.165) is 24.9 Å². The van der Waals surface area contributed by atoms with Crippen molar-refractivity contribution in [2.45, 2.75) is 25.4 Å². The Morgan fingerprint density at radius 2 is 2.04 bits per heavy atom. The molecule has 0 bridgehead atoms. The highest BCUT2D eigenvalue weighted by Crippen LogP contribution is 2.19. The Morgan fingerprint density at radius 1 is 1.29 bits per heavy atom. The molecule has 2 N–H and O–H groups in total. The first kappa shape index (κ1) is 16.9. The first-order chi connectivity index (χ1) is 11.8. The van der Waals surface area contributed by atoms with E-state index in [9.17, 15) is 9.59 Å². The standard InChI is InChI=1S/C17H24N4O3/c22-16(20-11-13-1-5-18-6-2-13)15-12-19-7-8-21(15)17(23)14-3-9-24-10-4-14/h1-2,5-6,14-15,19H,3-4,7-12H2,(H,20,22)/t15-/m0/s1. The van der Waals surface area contributed by atoms with Gasteiger partial charge in [-0.3, -0.25) is 14.6 Å². The van der Waals surface area contributed by atoms with Gasteiger partial charge in [-0.15, -0.1) is 0 Å². The molecule has 0 unspecified atom stereocenters. The lowest BCUT2D eigenvalue weighted by Crippen LogP contribution is -2.60. The highest BCUT2D eigenvalue weighted by atomic mass is 16.5. The Hall–Kier alpha value is -1.99. The van der Waals surface area contributed by atoms with Gasteiger partial charge in [0.05, 0.1) is 0 Å². The first-order valence-corrected chi connectivity index (χ1v) is 8.51. The van der Waals surface area contributed by atoms with Crippen LogP contribution in [0.2, 0.25) is 0 Å². The van der Waals surface area contributed by atoms with Gasteiger partial charge in [0.1, 0.15) is 6.04 Å². The molecule has 130 valence electrons. The lowest BCUT2D eigenvalue weighted by Gasteiger charge is -2.38. The van der Waals surface area contributed by atoms with E-state index in [1.807, 2.05) is 12.1 Å². The van der Waals surface area contributed by atoms with Gasteiger partial charge in [0.2, 0.25) is 11.8 Å². The summed E-state index contributed by atoms with van der Waals surface area (Å²) in [6.07, 6.45) is 4.89. The summed E-state index contributed by atoms with van der Waals surface area (Å²) in [6.45, 7) is 3.49. The number of amides is 2. The summed E-state index contributed by atoms with van der Waals surface area (Å²) >= 11 is 0. The van der Waals surface area contributed by atoms with Crippen molar-refractivity contribution in [2.75, 3.05) is 32.8 Å². The van der Waals surface area contributed by atoms with E-state index in [2.05, 4.69) is 15.6 Å². The van der Waals surface area contributed by atoms with Crippen LogP contribution < -0.4 is 10.6 Å². The number of nitrogens with zero attached hydrogens (tertiary/aromatic N) is 2. The third-order valence-electron chi connectivity index (χ3n) is 4.62. The van der Waals surface area contributed by atoms with Crippen molar-refractivity contribution in [1.29, 1.82) is 0 Å². The number of hydrogen-bond acceptors (Lipinski definition) is 5. The van der Waals surface area contributed by atoms with Gasteiger partial charge in [-0.2, -0.15) is 0 Å². The Balaban J connectivity index is 1.60. The largest absolute Gasteiger partial charge is 0.381 e. The fourth-order valence-corrected chi connectivity index (χ4v) is 3.19. The molecule has 2 aliphatic heterocycles. The molecule has 3 heterocycles. The molecule has 0 radical (unpaired) electrons. The van der Waals surface area contributed by atoms with Crippen molar-refractivity contribution in [3.63, 3.8) is 0 Å². The van der Waals surface area contributed by atoms with Gasteiger partial charge in [-0.05, 0) is 30.5 Å². The van der Waals surface area contributed by atoms with Gasteiger partial charge < -0.3 is 20.3 Å². The van der Waals surface area contributed by atoms with Crippen molar-refractivity contribution < 1.29 is 14.3 Å². The lowest BCUT2D eigenvalue weighted by molar-refractivity contribution is -0.147. The molecule has 1 atom stereocenters. The summed E-state index contributed by atoms with van der Waals surface area (Å²) in [5.74, 6) is -0.0457. The van der Waals surface area contributed by atoms with Gasteiger partial charge >= 0.3 is 0 Å². The predicted molar refractivity (Wildman–Crippen MR) is 88.0 cm³/mol. The molecule has 1 aromatic rings. The fraction of sp³-hybridized carbons (Fsp3) is 0.588. The minimum absolute atomic E-state index is 0.0210. The molecule has 1 aromatic heterocycles. The molecule has 0 aliphatic carbocycles. The van der Waals surface area contributed by atoms with Crippen molar-refractivity contribution >= 4 is 11.8 Å². The first-order valence-electron chi connectivity index (χ1n) is 8.51. The van der Waals surface area contributed by atoms with Crippen molar-refractivity contribution in [2.24, 2.45) is 5.92 Å². The Kier molecular flexibility index (Phi) is 5.77. The number of carbonyl (C=O) groups is 2. The van der Waals surface area contributed by atoms with Crippen LogP contribution in [0.1, 0.15) is 18.4 Å². The van der Waals surface area contributed by atoms with Crippen molar-refractivity contribution in [1.82, 2.24) is 20.5 Å². The summed E-state index contributed by atoms with van der Waals surface area (Å²) in [7, 11) is 0. The number of rotatable bonds is 4. The van der Waals surface area contributed by atoms with E-state index in [1.54, 1.807) is 17.3 Å². The molecule has 7 nitrogen and oxygen atoms in total. The van der Waals surface area contributed by atoms with Crippen LogP contribution in [-0.4, -0.2) is 60.6 Å². The third kappa shape index (κ3) is 4.10. The molecule has 24 heavy (non-hydrogen) atoms. The Morgan fingerprint density at radius 3 is 2.79 bits per heavy atom. The van der Waals surface area contributed by atoms with Crippen LogP contribution >= 0.6 is 0 Å². The molecular weight excluding hydrogens is 308 g/mol. The van der Waals surface area contributed by atoms with Crippen LogP contribution in [0, 0.1) is 5.92 Å². The van der Waals surface area contributed by atoms with Gasteiger partial charge in [0.25, 0.3) is 0 Å². The molecule has 2 aliphatic rings. The molecular formula is C17H24N4O3. The summed E-state index contributed by atoms with van der Waals surface area (Å²) < 4.78 is 5.33. The van der Waals surface area contributed by atoms with Crippen LogP contribution in [0.25, 0.3) is 0 Å². The average molecular weight is 332 g/mol. The van der Waals surface area contributed by atoms with Crippen LogP contribution in [-0.2, 0) is 20.9 Å². The molecule has 7 heteroatoms. The molecule has 0 saturated carbocycles. The van der Waals surface area contributed by atoms with Gasteiger partial charge in [0, 0.05) is 57.7 Å². The summed E-state index contributed by atoms with van der Waals surface area (Å²) in [6, 6.07) is 3.28. The zero-order valence-corrected chi connectivity index (χ0v) is 13.7. The fourth-order valence-electron chi connectivity index (χ4n) is 3.19. The summed E-state index contributed by atoms with van der Waals surface area (Å²) in [4.78, 5) is 31.1. The maximum atomic E-state index is 12.8. The third-order valence-corrected chi connectivity index (χ3v) is 4.62. The van der Waals surface area contributed by atoms with E-state index < -0.39 is 6.04 Å². The van der Waals surface area contributed by atoms with Crippen LogP contribution in [0.5, 0.6) is 0 Å². The normalized spacial score (nSPS) is 22.2. The second kappa shape index (κ2) is 8.21. The highest BCUT2D eigenvalue weighted by Gasteiger charge is 2.35. The second-order valence-corrected chi connectivity index (χ2v) is 6.21. The van der Waals surface area contributed by atoms with Gasteiger partial charge in [0.15, 0.2) is 0 Å². The van der Waals surface area contributed by atoms with E-state index >= 15 is 0 Å². The summed E-state index contributed by atoms with van der Waals surface area (Å²) in [5, 5.41) is 6.14. The number of hydrogen-bond donors (Lipinski definition) is 2. The topological polar surface area (TPSA) is 83.6 Å². The van der Waals surface area contributed by atoms with Crippen LogP contribution in [0.15, 0.2) is 24.5 Å². The highest BCUT2D eigenvalue weighted by molar-refractivity contribution is 5.89. The lowest BCUT2D eigenvalue weighted by atomic mass is 9.97. The average Bonchev–Trinajstić information content (AvgIpc) is 2.67. The van der Waals surface area contributed by atoms with Crippen molar-refractivity contribution in [3.8, 4) is 0 Å². The molecule has 0 spiro atoms. The smallest absolute Gasteiger partial charge is 0.244 e. The number of carbonyl (C=O) groups excluding carboxylic acids is 2. The molecule has 0 aromatic carbocycles. The number of piperazine rings is 1. The Bertz CT molecular complexity index is 560. The van der Waals surface area contributed by atoms with E-state index in [-0.39, 0.29) is 17.7 Å². The summed E-state index contributed by atoms with van der Waals surface area (Å²) in [5.41, 5.74) is 0.990. The number of nitrogens with one attached hydrogen (secondary N) is 2. The maximum Gasteiger partial charge on any atom is 0.244 e. The molecule has 2 saturated heterocycles.